The summed E-state index contributed by atoms with van der Waals surface area (Å²) in [6, 6.07) is 4.46. The number of nitrogens with zero attached hydrogens (tertiary/aromatic N) is 2. The lowest BCUT2D eigenvalue weighted by atomic mass is 10.2. The minimum absolute atomic E-state index is 0.0111. The van der Waals surface area contributed by atoms with Crippen molar-refractivity contribution in [2.24, 2.45) is 0 Å². The molecule has 0 fully saturated rings. The smallest absolute Gasteiger partial charge is 0.387 e. The molecule has 1 aromatic heterocycles. The van der Waals surface area contributed by atoms with Gasteiger partial charge in [-0.05, 0) is 24.6 Å². The molecule has 1 amide bonds. The molecule has 24 heavy (non-hydrogen) atoms. The summed E-state index contributed by atoms with van der Waals surface area (Å²) in [4.78, 5) is 22.7. The van der Waals surface area contributed by atoms with Crippen molar-refractivity contribution in [2.75, 3.05) is 5.32 Å². The lowest BCUT2D eigenvalue weighted by molar-refractivity contribution is -0.116. The molecule has 0 saturated carbocycles. The number of hydrogen-bond acceptors (Lipinski definition) is 4. The van der Waals surface area contributed by atoms with Crippen LogP contribution in [0.15, 0.2) is 30.6 Å². The zero-order chi connectivity index (χ0) is 17.7. The van der Waals surface area contributed by atoms with Crippen molar-refractivity contribution in [3.05, 3.63) is 41.7 Å². The van der Waals surface area contributed by atoms with E-state index >= 15 is 0 Å². The summed E-state index contributed by atoms with van der Waals surface area (Å²) in [5, 5.41) is 15.1. The fourth-order valence-corrected chi connectivity index (χ4v) is 1.97. The average molecular weight is 339 g/mol. The number of rotatable bonds is 7. The van der Waals surface area contributed by atoms with Crippen LogP contribution in [0.4, 0.5) is 14.5 Å². The molecule has 0 aliphatic carbocycles. The van der Waals surface area contributed by atoms with Crippen molar-refractivity contribution in [1.29, 1.82) is 0 Å². The fourth-order valence-electron chi connectivity index (χ4n) is 1.97. The molecule has 0 aliphatic heterocycles. The molecule has 0 saturated heterocycles. The molecule has 7 nitrogen and oxygen atoms in total. The Kier molecular flexibility index (Phi) is 5.46. The molecule has 9 heteroatoms. The second-order valence-corrected chi connectivity index (χ2v) is 4.97. The molecule has 128 valence electrons. The maximum absolute atomic E-state index is 12.4. The predicted molar refractivity (Wildman–Crippen MR) is 80.2 cm³/mol. The number of aromatic carboxylic acids is 1. The maximum atomic E-state index is 12.4. The Balaban J connectivity index is 1.98. The van der Waals surface area contributed by atoms with Crippen molar-refractivity contribution in [1.82, 2.24) is 9.78 Å². The Morgan fingerprint density at radius 1 is 1.42 bits per heavy atom. The van der Waals surface area contributed by atoms with Crippen LogP contribution in [0.2, 0.25) is 0 Å². The van der Waals surface area contributed by atoms with E-state index in [4.69, 9.17) is 5.11 Å². The van der Waals surface area contributed by atoms with E-state index in [1.54, 1.807) is 13.0 Å². The number of hydrogen-bond donors (Lipinski definition) is 2. The highest BCUT2D eigenvalue weighted by Crippen LogP contribution is 2.27. The summed E-state index contributed by atoms with van der Waals surface area (Å²) in [7, 11) is 0. The number of carboxylic acid groups (broad SMARTS) is 1. The summed E-state index contributed by atoms with van der Waals surface area (Å²) >= 11 is 0. The van der Waals surface area contributed by atoms with Crippen LogP contribution in [0.1, 0.15) is 22.3 Å². The largest absolute Gasteiger partial charge is 0.478 e. The molecule has 2 aromatic rings. The van der Waals surface area contributed by atoms with Crippen LogP contribution in [0.3, 0.4) is 0 Å². The van der Waals surface area contributed by atoms with Crippen molar-refractivity contribution in [3.63, 3.8) is 0 Å². The topological polar surface area (TPSA) is 93.5 Å². The Morgan fingerprint density at radius 3 is 2.79 bits per heavy atom. The molecule has 1 aromatic carbocycles. The van der Waals surface area contributed by atoms with Crippen LogP contribution in [-0.2, 0) is 11.3 Å². The van der Waals surface area contributed by atoms with Gasteiger partial charge in [-0.25, -0.2) is 4.79 Å². The van der Waals surface area contributed by atoms with Crippen LogP contribution < -0.4 is 10.1 Å². The number of benzene rings is 1. The van der Waals surface area contributed by atoms with Crippen LogP contribution in [0.5, 0.6) is 5.75 Å². The van der Waals surface area contributed by atoms with Gasteiger partial charge in [0.05, 0.1) is 17.4 Å². The van der Waals surface area contributed by atoms with Crippen LogP contribution in [-0.4, -0.2) is 33.4 Å². The van der Waals surface area contributed by atoms with Gasteiger partial charge in [-0.1, -0.05) is 6.07 Å². The number of aromatic nitrogens is 2. The first-order valence-electron chi connectivity index (χ1n) is 6.96. The predicted octanol–water partition coefficient (Wildman–Crippen LogP) is 2.52. The average Bonchev–Trinajstić information content (AvgIpc) is 2.97. The van der Waals surface area contributed by atoms with E-state index in [1.165, 1.54) is 29.2 Å². The SMILES string of the molecule is Cc1ccc(OC(F)F)c(NC(=O)CCn2cc(C(=O)O)cn2)c1. The summed E-state index contributed by atoms with van der Waals surface area (Å²) < 4.78 is 30.4. The Labute approximate surface area is 135 Å². The van der Waals surface area contributed by atoms with E-state index in [0.29, 0.717) is 0 Å². The standard InChI is InChI=1S/C15H15F2N3O4/c1-9-2-3-12(24-15(16)17)11(6-9)19-13(21)4-5-20-8-10(7-18-20)14(22)23/h2-3,6-8,15H,4-5H2,1H3,(H,19,21)(H,22,23). The molecule has 0 aliphatic rings. The molecule has 0 unspecified atom stereocenters. The summed E-state index contributed by atoms with van der Waals surface area (Å²) in [5.41, 5.74) is 0.929. The number of carboxylic acids is 1. The molecule has 0 spiro atoms. The van der Waals surface area contributed by atoms with Crippen LogP contribution >= 0.6 is 0 Å². The zero-order valence-electron chi connectivity index (χ0n) is 12.7. The first kappa shape index (κ1) is 17.4. The van der Waals surface area contributed by atoms with Gasteiger partial charge >= 0.3 is 12.6 Å². The molecule has 0 radical (unpaired) electrons. The number of nitrogens with one attached hydrogen (secondary N) is 1. The molecular weight excluding hydrogens is 324 g/mol. The van der Waals surface area contributed by atoms with E-state index in [0.717, 1.165) is 5.56 Å². The zero-order valence-corrected chi connectivity index (χ0v) is 12.7. The number of ether oxygens (including phenoxy) is 1. The molecule has 2 rings (SSSR count). The quantitative estimate of drug-likeness (QED) is 0.808. The van der Waals surface area contributed by atoms with Crippen molar-refractivity contribution in [2.45, 2.75) is 26.5 Å². The molecule has 0 bridgehead atoms. The monoisotopic (exact) mass is 339 g/mol. The highest BCUT2D eigenvalue weighted by molar-refractivity contribution is 5.92. The van der Waals surface area contributed by atoms with Gasteiger partial charge in [-0.2, -0.15) is 13.9 Å². The lowest BCUT2D eigenvalue weighted by Gasteiger charge is -2.12. The second kappa shape index (κ2) is 7.53. The first-order chi connectivity index (χ1) is 11.3. The van der Waals surface area contributed by atoms with Crippen LogP contribution in [0.25, 0.3) is 0 Å². The number of halogens is 2. The van der Waals surface area contributed by atoms with Gasteiger partial charge in [0.15, 0.2) is 0 Å². The third-order valence-corrected chi connectivity index (χ3v) is 3.07. The van der Waals surface area contributed by atoms with Gasteiger partial charge < -0.3 is 15.2 Å². The van der Waals surface area contributed by atoms with Crippen LogP contribution in [0, 0.1) is 6.92 Å². The molecular formula is C15H15F2N3O4. The maximum Gasteiger partial charge on any atom is 0.387 e. The molecule has 0 atom stereocenters. The Hall–Kier alpha value is -2.97. The first-order valence-corrected chi connectivity index (χ1v) is 6.96. The number of carbonyl (C=O) groups excluding carboxylic acids is 1. The summed E-state index contributed by atoms with van der Waals surface area (Å²) in [6.45, 7) is -1.10. The lowest BCUT2D eigenvalue weighted by Crippen LogP contribution is -2.16. The Morgan fingerprint density at radius 2 is 2.17 bits per heavy atom. The van der Waals surface area contributed by atoms with Gasteiger partial charge in [-0.15, -0.1) is 0 Å². The number of carbonyl (C=O) groups is 2. The molecule has 2 N–H and O–H groups in total. The highest BCUT2D eigenvalue weighted by Gasteiger charge is 2.13. The van der Waals surface area contributed by atoms with Crippen molar-refractivity contribution >= 4 is 17.6 Å². The number of alkyl halides is 2. The van der Waals surface area contributed by atoms with Gasteiger partial charge in [0.25, 0.3) is 0 Å². The summed E-state index contributed by atoms with van der Waals surface area (Å²) in [6.07, 6.45) is 2.46. The highest BCUT2D eigenvalue weighted by atomic mass is 19.3. The fraction of sp³-hybridized carbons (Fsp3) is 0.267. The van der Waals surface area contributed by atoms with Gasteiger partial charge in [0.1, 0.15) is 5.75 Å². The van der Waals surface area contributed by atoms with E-state index in [2.05, 4.69) is 15.2 Å². The van der Waals surface area contributed by atoms with Crippen molar-refractivity contribution < 1.29 is 28.2 Å². The van der Waals surface area contributed by atoms with Gasteiger partial charge in [0, 0.05) is 19.2 Å². The van der Waals surface area contributed by atoms with Gasteiger partial charge in [0.2, 0.25) is 5.91 Å². The second-order valence-electron chi connectivity index (χ2n) is 4.97. The normalized spacial score (nSPS) is 10.7. The molecule has 1 heterocycles. The summed E-state index contributed by atoms with van der Waals surface area (Å²) in [5.74, 6) is -1.68. The number of anilines is 1. The van der Waals surface area contributed by atoms with E-state index in [-0.39, 0.29) is 30.0 Å². The van der Waals surface area contributed by atoms with Gasteiger partial charge in [-0.3, -0.25) is 9.48 Å². The number of amides is 1. The number of aryl methyl sites for hydroxylation is 2. The minimum Gasteiger partial charge on any atom is -0.478 e. The third kappa shape index (κ3) is 4.77. The Bertz CT molecular complexity index is 746. The van der Waals surface area contributed by atoms with E-state index in [9.17, 15) is 18.4 Å². The minimum atomic E-state index is -3.00. The third-order valence-electron chi connectivity index (χ3n) is 3.07. The van der Waals surface area contributed by atoms with Crippen molar-refractivity contribution in [3.8, 4) is 5.75 Å². The van der Waals surface area contributed by atoms with E-state index < -0.39 is 18.5 Å². The van der Waals surface area contributed by atoms with E-state index in [1.807, 2.05) is 0 Å².